The molecule has 0 aliphatic carbocycles. The molecule has 1 unspecified atom stereocenters. The second-order valence-corrected chi connectivity index (χ2v) is 8.19. The Bertz CT molecular complexity index is 670. The van der Waals surface area contributed by atoms with E-state index in [9.17, 15) is 13.2 Å². The first-order chi connectivity index (χ1) is 11.9. The summed E-state index contributed by atoms with van der Waals surface area (Å²) in [5.74, 6) is -0.292. The highest BCUT2D eigenvalue weighted by atomic mass is 32.2. The summed E-state index contributed by atoms with van der Waals surface area (Å²) in [6.07, 6.45) is 2.71. The lowest BCUT2D eigenvalue weighted by Crippen LogP contribution is -2.32. The van der Waals surface area contributed by atoms with E-state index < -0.39 is 10.0 Å². The predicted octanol–water partition coefficient (Wildman–Crippen LogP) is 0.825. The molecule has 1 saturated heterocycles. The first-order valence-corrected chi connectivity index (χ1v) is 10.0. The average Bonchev–Trinajstić information content (AvgIpc) is 3.10. The summed E-state index contributed by atoms with van der Waals surface area (Å²) in [5.41, 5.74) is 0.328. The van der Waals surface area contributed by atoms with Gasteiger partial charge >= 0.3 is 0 Å². The van der Waals surface area contributed by atoms with Crippen LogP contribution in [-0.2, 0) is 14.8 Å². The minimum atomic E-state index is -3.62. The zero-order valence-electron chi connectivity index (χ0n) is 14.8. The molecule has 1 atom stereocenters. The zero-order valence-corrected chi connectivity index (χ0v) is 15.6. The number of nitrogens with one attached hydrogen (secondary N) is 2. The van der Waals surface area contributed by atoms with Crippen LogP contribution in [0.2, 0.25) is 0 Å². The van der Waals surface area contributed by atoms with Crippen molar-refractivity contribution in [2.45, 2.75) is 30.3 Å². The van der Waals surface area contributed by atoms with Gasteiger partial charge in [-0.15, -0.1) is 0 Å². The van der Waals surface area contributed by atoms with E-state index in [0.717, 1.165) is 26.0 Å². The van der Waals surface area contributed by atoms with Gasteiger partial charge in [0.25, 0.3) is 5.91 Å². The molecule has 8 heteroatoms. The summed E-state index contributed by atoms with van der Waals surface area (Å²) in [6, 6.07) is 6.08. The van der Waals surface area contributed by atoms with Crippen LogP contribution < -0.4 is 10.0 Å². The zero-order chi connectivity index (χ0) is 18.3. The average molecular weight is 369 g/mol. The molecule has 1 aliphatic heterocycles. The topological polar surface area (TPSA) is 87.7 Å². The van der Waals surface area contributed by atoms with Crippen LogP contribution in [0.5, 0.6) is 0 Å². The van der Waals surface area contributed by atoms with Crippen LogP contribution >= 0.6 is 0 Å². The van der Waals surface area contributed by atoms with E-state index in [2.05, 4.69) is 10.0 Å². The summed E-state index contributed by atoms with van der Waals surface area (Å²) in [7, 11) is 0.257. The molecule has 140 valence electrons. The number of hydrogen-bond acceptors (Lipinski definition) is 5. The molecule has 1 aromatic carbocycles. The summed E-state index contributed by atoms with van der Waals surface area (Å²) < 4.78 is 32.7. The van der Waals surface area contributed by atoms with E-state index in [1.165, 1.54) is 12.1 Å². The van der Waals surface area contributed by atoms with Crippen molar-refractivity contribution >= 4 is 15.9 Å². The van der Waals surface area contributed by atoms with Crippen molar-refractivity contribution in [3.05, 3.63) is 29.8 Å². The number of amides is 1. The molecule has 25 heavy (non-hydrogen) atoms. The Hall–Kier alpha value is -1.48. The van der Waals surface area contributed by atoms with Crippen molar-refractivity contribution in [1.82, 2.24) is 14.9 Å². The van der Waals surface area contributed by atoms with Crippen molar-refractivity contribution in [3.63, 3.8) is 0 Å². The first kappa shape index (κ1) is 19.8. The Kier molecular flexibility index (Phi) is 7.37. The number of nitrogens with zero attached hydrogens (tertiary/aromatic N) is 1. The van der Waals surface area contributed by atoms with Crippen molar-refractivity contribution < 1.29 is 17.9 Å². The largest absolute Gasteiger partial charge is 0.376 e. The number of hydrogen-bond donors (Lipinski definition) is 2. The van der Waals surface area contributed by atoms with Crippen LogP contribution in [0, 0.1) is 0 Å². The van der Waals surface area contributed by atoms with Gasteiger partial charge in [0.2, 0.25) is 10.0 Å². The Morgan fingerprint density at radius 1 is 1.36 bits per heavy atom. The molecule has 0 saturated carbocycles. The molecule has 0 aromatic heterocycles. The molecule has 7 nitrogen and oxygen atoms in total. The number of sulfonamides is 1. The third-order valence-corrected chi connectivity index (χ3v) is 5.45. The second kappa shape index (κ2) is 9.28. The van der Waals surface area contributed by atoms with Crippen molar-refractivity contribution in [2.24, 2.45) is 0 Å². The van der Waals surface area contributed by atoms with Crippen LogP contribution in [-0.4, -0.2) is 65.7 Å². The SMILES string of the molecule is CN(C)CCCNS(=O)(=O)c1cccc(C(=O)NCC2CCCO2)c1. The van der Waals surface area contributed by atoms with Gasteiger partial charge in [-0.2, -0.15) is 0 Å². The highest BCUT2D eigenvalue weighted by Crippen LogP contribution is 2.13. The smallest absolute Gasteiger partial charge is 0.251 e. The van der Waals surface area contributed by atoms with Crippen LogP contribution in [0.25, 0.3) is 0 Å². The van der Waals surface area contributed by atoms with Gasteiger partial charge in [-0.25, -0.2) is 13.1 Å². The first-order valence-electron chi connectivity index (χ1n) is 8.53. The Labute approximate surface area is 149 Å². The van der Waals surface area contributed by atoms with E-state index in [-0.39, 0.29) is 16.9 Å². The molecule has 1 fully saturated rings. The van der Waals surface area contributed by atoms with Gasteiger partial charge in [-0.3, -0.25) is 4.79 Å². The van der Waals surface area contributed by atoms with Crippen molar-refractivity contribution in [3.8, 4) is 0 Å². The molecular weight excluding hydrogens is 342 g/mol. The number of carbonyl (C=O) groups is 1. The van der Waals surface area contributed by atoms with Gasteiger partial charge in [0, 0.05) is 25.3 Å². The minimum Gasteiger partial charge on any atom is -0.376 e. The normalized spacial score (nSPS) is 17.8. The summed E-state index contributed by atoms with van der Waals surface area (Å²) in [6.45, 7) is 2.33. The van der Waals surface area contributed by atoms with E-state index >= 15 is 0 Å². The summed E-state index contributed by atoms with van der Waals surface area (Å²) >= 11 is 0. The second-order valence-electron chi connectivity index (χ2n) is 6.43. The minimum absolute atomic E-state index is 0.0502. The number of rotatable bonds is 9. The van der Waals surface area contributed by atoms with E-state index in [1.54, 1.807) is 12.1 Å². The highest BCUT2D eigenvalue weighted by molar-refractivity contribution is 7.89. The lowest BCUT2D eigenvalue weighted by atomic mass is 10.2. The van der Waals surface area contributed by atoms with Gasteiger partial charge in [-0.1, -0.05) is 6.07 Å². The quantitative estimate of drug-likeness (QED) is 0.630. The van der Waals surface area contributed by atoms with Crippen LogP contribution in [0.15, 0.2) is 29.2 Å². The van der Waals surface area contributed by atoms with Gasteiger partial charge in [0.05, 0.1) is 11.0 Å². The maximum atomic E-state index is 12.3. The molecule has 2 N–H and O–H groups in total. The molecule has 1 aliphatic rings. The Balaban J connectivity index is 1.93. The molecule has 1 amide bonds. The highest BCUT2D eigenvalue weighted by Gasteiger charge is 2.18. The van der Waals surface area contributed by atoms with Gasteiger partial charge in [-0.05, 0) is 58.1 Å². The standard InChI is InChI=1S/C17H27N3O4S/c1-20(2)10-5-9-19-25(22,23)16-8-3-6-14(12-16)17(21)18-13-15-7-4-11-24-15/h3,6,8,12,15,19H,4-5,7,9-11,13H2,1-2H3,(H,18,21). The maximum absolute atomic E-state index is 12.3. The lowest BCUT2D eigenvalue weighted by molar-refractivity contribution is 0.0857. The molecule has 0 bridgehead atoms. The molecule has 1 aromatic rings. The van der Waals surface area contributed by atoms with Gasteiger partial charge < -0.3 is 15.0 Å². The van der Waals surface area contributed by atoms with E-state index in [4.69, 9.17) is 4.74 Å². The van der Waals surface area contributed by atoms with Crippen molar-refractivity contribution in [1.29, 1.82) is 0 Å². The lowest BCUT2D eigenvalue weighted by Gasteiger charge is -2.12. The fourth-order valence-electron chi connectivity index (χ4n) is 2.60. The predicted molar refractivity (Wildman–Crippen MR) is 96.1 cm³/mol. The molecule has 1 heterocycles. The summed E-state index contributed by atoms with van der Waals surface area (Å²) in [5, 5.41) is 2.80. The Morgan fingerprint density at radius 3 is 2.84 bits per heavy atom. The third-order valence-electron chi connectivity index (χ3n) is 3.99. The number of carbonyl (C=O) groups excluding carboxylic acids is 1. The van der Waals surface area contributed by atoms with Crippen LogP contribution in [0.1, 0.15) is 29.6 Å². The monoisotopic (exact) mass is 369 g/mol. The van der Waals surface area contributed by atoms with Crippen LogP contribution in [0.3, 0.4) is 0 Å². The fraction of sp³-hybridized carbons (Fsp3) is 0.588. The van der Waals surface area contributed by atoms with Gasteiger partial charge in [0.15, 0.2) is 0 Å². The van der Waals surface area contributed by atoms with Crippen molar-refractivity contribution in [2.75, 3.05) is 40.3 Å². The Morgan fingerprint density at radius 2 is 2.16 bits per heavy atom. The third kappa shape index (κ3) is 6.39. The maximum Gasteiger partial charge on any atom is 0.251 e. The van der Waals surface area contributed by atoms with Crippen LogP contribution in [0.4, 0.5) is 0 Å². The van der Waals surface area contributed by atoms with E-state index in [1.807, 2.05) is 19.0 Å². The number of benzene rings is 1. The van der Waals surface area contributed by atoms with E-state index in [0.29, 0.717) is 25.1 Å². The summed E-state index contributed by atoms with van der Waals surface area (Å²) in [4.78, 5) is 14.3. The molecular formula is C17H27N3O4S. The number of ether oxygens (including phenoxy) is 1. The molecule has 0 radical (unpaired) electrons. The molecule has 0 spiro atoms. The van der Waals surface area contributed by atoms with Gasteiger partial charge in [0.1, 0.15) is 0 Å². The fourth-order valence-corrected chi connectivity index (χ4v) is 3.72. The molecule has 2 rings (SSSR count).